The lowest BCUT2D eigenvalue weighted by Crippen LogP contribution is -2.48. The van der Waals surface area contributed by atoms with Gasteiger partial charge >= 0.3 is 0 Å². The van der Waals surface area contributed by atoms with E-state index < -0.39 is 15.4 Å². The number of benzene rings is 1. The van der Waals surface area contributed by atoms with Crippen molar-refractivity contribution >= 4 is 33.0 Å². The molecule has 1 spiro atoms. The third kappa shape index (κ3) is 2.14. The standard InChI is InChI=1S/C16H16N2O3S2/c19-15-16(12-4-1-2-5-13(12)17-15)7-9-18(10-8-16)23(20,21)14-6-3-11-22-14/h1-6,11H,7-10H2,(H,17,19). The van der Waals surface area contributed by atoms with Crippen LogP contribution in [0.3, 0.4) is 0 Å². The van der Waals surface area contributed by atoms with E-state index in [4.69, 9.17) is 0 Å². The summed E-state index contributed by atoms with van der Waals surface area (Å²) in [5.41, 5.74) is 1.27. The van der Waals surface area contributed by atoms with Gasteiger partial charge in [0.15, 0.2) is 0 Å². The molecule has 1 saturated heterocycles. The maximum atomic E-state index is 12.6. The number of para-hydroxylation sites is 1. The Bertz CT molecular complexity index is 851. The highest BCUT2D eigenvalue weighted by Gasteiger charge is 2.49. The zero-order valence-electron chi connectivity index (χ0n) is 12.4. The normalized spacial score (nSPS) is 20.4. The summed E-state index contributed by atoms with van der Waals surface area (Å²) in [6.45, 7) is 0.726. The number of hydrogen-bond donors (Lipinski definition) is 1. The largest absolute Gasteiger partial charge is 0.325 e. The molecule has 2 aromatic rings. The van der Waals surface area contributed by atoms with Crippen molar-refractivity contribution in [2.75, 3.05) is 18.4 Å². The second kappa shape index (κ2) is 5.15. The van der Waals surface area contributed by atoms with Crippen molar-refractivity contribution < 1.29 is 13.2 Å². The molecule has 23 heavy (non-hydrogen) atoms. The number of hydrogen-bond acceptors (Lipinski definition) is 4. The van der Waals surface area contributed by atoms with Crippen molar-refractivity contribution in [2.45, 2.75) is 22.5 Å². The van der Waals surface area contributed by atoms with Gasteiger partial charge in [-0.2, -0.15) is 4.31 Å². The lowest BCUT2D eigenvalue weighted by Gasteiger charge is -2.37. The molecule has 1 amide bonds. The lowest BCUT2D eigenvalue weighted by molar-refractivity contribution is -0.122. The number of nitrogens with one attached hydrogen (secondary N) is 1. The minimum Gasteiger partial charge on any atom is -0.325 e. The maximum Gasteiger partial charge on any atom is 0.252 e. The zero-order chi connectivity index (χ0) is 16.1. The van der Waals surface area contributed by atoms with Crippen molar-refractivity contribution in [2.24, 2.45) is 0 Å². The topological polar surface area (TPSA) is 66.5 Å². The molecule has 1 N–H and O–H groups in total. The molecule has 0 bridgehead atoms. The number of piperidine rings is 1. The van der Waals surface area contributed by atoms with Gasteiger partial charge in [0.25, 0.3) is 10.0 Å². The molecule has 5 nitrogen and oxygen atoms in total. The Balaban J connectivity index is 1.62. The number of nitrogens with zero attached hydrogens (tertiary/aromatic N) is 1. The van der Waals surface area contributed by atoms with Gasteiger partial charge in [-0.15, -0.1) is 11.3 Å². The number of rotatable bonds is 2. The van der Waals surface area contributed by atoms with Gasteiger partial charge in [0.2, 0.25) is 5.91 Å². The summed E-state index contributed by atoms with van der Waals surface area (Å²) in [6, 6.07) is 11.1. The van der Waals surface area contributed by atoms with E-state index in [1.807, 2.05) is 24.3 Å². The SMILES string of the molecule is O=C1Nc2ccccc2C12CCN(S(=O)(=O)c1cccs1)CC2. The van der Waals surface area contributed by atoms with E-state index in [0.717, 1.165) is 11.3 Å². The van der Waals surface area contributed by atoms with Gasteiger partial charge in [0, 0.05) is 18.8 Å². The van der Waals surface area contributed by atoms with Crippen molar-refractivity contribution in [3.05, 3.63) is 47.3 Å². The third-order valence-corrected chi connectivity index (χ3v) is 8.06. The lowest BCUT2D eigenvalue weighted by atomic mass is 9.74. The Labute approximate surface area is 139 Å². The summed E-state index contributed by atoms with van der Waals surface area (Å²) >= 11 is 1.23. The summed E-state index contributed by atoms with van der Waals surface area (Å²) in [5.74, 6) is -0.00753. The van der Waals surface area contributed by atoms with Crippen molar-refractivity contribution in [1.29, 1.82) is 0 Å². The summed E-state index contributed by atoms with van der Waals surface area (Å²) in [6.07, 6.45) is 1.03. The van der Waals surface area contributed by atoms with Crippen LogP contribution in [0.2, 0.25) is 0 Å². The van der Waals surface area contributed by atoms with Gasteiger partial charge in [-0.25, -0.2) is 8.42 Å². The van der Waals surface area contributed by atoms with Crippen LogP contribution in [-0.2, 0) is 20.2 Å². The molecular weight excluding hydrogens is 332 g/mol. The van der Waals surface area contributed by atoms with Crippen LogP contribution in [0.15, 0.2) is 46.0 Å². The highest BCUT2D eigenvalue weighted by molar-refractivity contribution is 7.91. The Kier molecular flexibility index (Phi) is 3.33. The Hall–Kier alpha value is -1.70. The second-order valence-corrected chi connectivity index (χ2v) is 9.03. The first kappa shape index (κ1) is 14.9. The molecule has 0 saturated carbocycles. The van der Waals surface area contributed by atoms with Crippen LogP contribution in [-0.4, -0.2) is 31.7 Å². The van der Waals surface area contributed by atoms with E-state index in [1.165, 1.54) is 15.6 Å². The first-order chi connectivity index (χ1) is 11.0. The summed E-state index contributed by atoms with van der Waals surface area (Å²) in [4.78, 5) is 12.5. The predicted molar refractivity (Wildman–Crippen MR) is 89.1 cm³/mol. The van der Waals surface area contributed by atoms with Crippen molar-refractivity contribution in [3.8, 4) is 0 Å². The molecule has 1 fully saturated rings. The Morgan fingerprint density at radius 1 is 1.09 bits per heavy atom. The van der Waals surface area contributed by atoms with Gasteiger partial charge < -0.3 is 5.32 Å². The fraction of sp³-hybridized carbons (Fsp3) is 0.312. The van der Waals surface area contributed by atoms with Crippen molar-refractivity contribution in [1.82, 2.24) is 4.31 Å². The van der Waals surface area contributed by atoms with Gasteiger partial charge in [-0.3, -0.25) is 4.79 Å². The van der Waals surface area contributed by atoms with Crippen LogP contribution in [0.5, 0.6) is 0 Å². The van der Waals surface area contributed by atoms with Crippen LogP contribution in [0, 0.1) is 0 Å². The summed E-state index contributed by atoms with van der Waals surface area (Å²) in [5, 5.41) is 4.70. The van der Waals surface area contributed by atoms with Crippen LogP contribution in [0.4, 0.5) is 5.69 Å². The first-order valence-electron chi connectivity index (χ1n) is 7.49. The molecule has 1 aromatic carbocycles. The fourth-order valence-corrected chi connectivity index (χ4v) is 6.10. The third-order valence-electron chi connectivity index (χ3n) is 4.79. The van der Waals surface area contributed by atoms with E-state index in [1.54, 1.807) is 17.5 Å². The maximum absolute atomic E-state index is 12.6. The first-order valence-corrected chi connectivity index (χ1v) is 9.81. The molecule has 2 aliphatic rings. The zero-order valence-corrected chi connectivity index (χ0v) is 14.0. The van der Waals surface area contributed by atoms with Crippen LogP contribution in [0.25, 0.3) is 0 Å². The molecule has 1 aromatic heterocycles. The van der Waals surface area contributed by atoms with Crippen LogP contribution < -0.4 is 5.32 Å². The molecule has 0 atom stereocenters. The van der Waals surface area contributed by atoms with E-state index in [2.05, 4.69) is 5.32 Å². The van der Waals surface area contributed by atoms with Gasteiger partial charge in [-0.05, 0) is 35.9 Å². The molecule has 7 heteroatoms. The predicted octanol–water partition coefficient (Wildman–Crippen LogP) is 2.42. The molecule has 0 unspecified atom stereocenters. The second-order valence-electron chi connectivity index (χ2n) is 5.92. The molecule has 4 rings (SSSR count). The molecule has 0 aliphatic carbocycles. The van der Waals surface area contributed by atoms with Crippen LogP contribution >= 0.6 is 11.3 Å². The number of carbonyl (C=O) groups is 1. The van der Waals surface area contributed by atoms with E-state index in [-0.39, 0.29) is 5.91 Å². The van der Waals surface area contributed by atoms with Gasteiger partial charge in [-0.1, -0.05) is 24.3 Å². The summed E-state index contributed by atoms with van der Waals surface area (Å²) < 4.78 is 27.1. The summed E-state index contributed by atoms with van der Waals surface area (Å²) in [7, 11) is -3.44. The van der Waals surface area contributed by atoms with E-state index in [9.17, 15) is 13.2 Å². The van der Waals surface area contributed by atoms with Gasteiger partial charge in [0.1, 0.15) is 4.21 Å². The Morgan fingerprint density at radius 3 is 2.52 bits per heavy atom. The smallest absolute Gasteiger partial charge is 0.252 e. The quantitative estimate of drug-likeness (QED) is 0.906. The minimum absolute atomic E-state index is 0.00753. The highest BCUT2D eigenvalue weighted by atomic mass is 32.2. The van der Waals surface area contributed by atoms with E-state index >= 15 is 0 Å². The average Bonchev–Trinajstić information content (AvgIpc) is 3.17. The molecule has 120 valence electrons. The average molecular weight is 348 g/mol. The number of amides is 1. The Morgan fingerprint density at radius 2 is 1.83 bits per heavy atom. The van der Waals surface area contributed by atoms with E-state index in [0.29, 0.717) is 30.1 Å². The molecular formula is C16H16N2O3S2. The number of anilines is 1. The monoisotopic (exact) mass is 348 g/mol. The van der Waals surface area contributed by atoms with Crippen LogP contribution in [0.1, 0.15) is 18.4 Å². The molecule has 3 heterocycles. The number of fused-ring (bicyclic) bond motifs is 2. The molecule has 0 radical (unpaired) electrons. The van der Waals surface area contributed by atoms with Gasteiger partial charge in [0.05, 0.1) is 5.41 Å². The number of carbonyl (C=O) groups excluding carboxylic acids is 1. The highest BCUT2D eigenvalue weighted by Crippen LogP contribution is 2.45. The number of sulfonamides is 1. The van der Waals surface area contributed by atoms with Crippen molar-refractivity contribution in [3.63, 3.8) is 0 Å². The number of thiophene rings is 1. The molecule has 2 aliphatic heterocycles. The fourth-order valence-electron chi connectivity index (χ4n) is 3.52. The minimum atomic E-state index is -3.44.